The van der Waals surface area contributed by atoms with Crippen LogP contribution in [-0.2, 0) is 13.1 Å². The topological polar surface area (TPSA) is 86.0 Å². The third-order valence-corrected chi connectivity index (χ3v) is 4.02. The van der Waals surface area contributed by atoms with E-state index in [1.54, 1.807) is 24.3 Å². The van der Waals surface area contributed by atoms with Crippen LogP contribution in [0.4, 0.5) is 0 Å². The van der Waals surface area contributed by atoms with Crippen LogP contribution in [0.3, 0.4) is 0 Å². The van der Waals surface area contributed by atoms with Gasteiger partial charge in [-0.2, -0.15) is 9.78 Å². The lowest BCUT2D eigenvalue weighted by molar-refractivity contribution is 0.0941. The number of nitrogens with zero attached hydrogens (tertiary/aromatic N) is 3. The fraction of sp³-hybridized carbons (Fsp3) is 0.200. The maximum atomic E-state index is 12.7. The average Bonchev–Trinajstić information content (AvgIpc) is 2.71. The maximum absolute atomic E-state index is 12.7. The van der Waals surface area contributed by atoms with Crippen molar-refractivity contribution < 1.29 is 4.79 Å². The van der Waals surface area contributed by atoms with Gasteiger partial charge in [0, 0.05) is 13.1 Å². The standard InChI is InChI=1S/C20H20N4O3/c1-2-13-23-19(26)17(18(25)21-14-15-9-5-3-6-10-15)22-24(20(23)27)16-11-7-4-8-12-16/h3-12H,2,13-14H2,1H3,(H,21,25). The molecule has 3 rings (SSSR count). The van der Waals surface area contributed by atoms with Crippen molar-refractivity contribution in [2.45, 2.75) is 26.4 Å². The minimum absolute atomic E-state index is 0.214. The van der Waals surface area contributed by atoms with Crippen LogP contribution in [-0.4, -0.2) is 20.3 Å². The number of aromatic nitrogens is 3. The van der Waals surface area contributed by atoms with Crippen molar-refractivity contribution in [3.05, 3.63) is 92.8 Å². The Hall–Kier alpha value is -3.48. The van der Waals surface area contributed by atoms with Crippen LogP contribution >= 0.6 is 0 Å². The van der Waals surface area contributed by atoms with Gasteiger partial charge < -0.3 is 5.32 Å². The lowest BCUT2D eigenvalue weighted by Crippen LogP contribution is -2.45. The van der Waals surface area contributed by atoms with Gasteiger partial charge in [0.25, 0.3) is 11.5 Å². The zero-order valence-electron chi connectivity index (χ0n) is 15.0. The van der Waals surface area contributed by atoms with Crippen LogP contribution in [0.25, 0.3) is 5.69 Å². The Morgan fingerprint density at radius 1 is 1.00 bits per heavy atom. The van der Waals surface area contributed by atoms with E-state index in [-0.39, 0.29) is 18.8 Å². The van der Waals surface area contributed by atoms with Crippen molar-refractivity contribution in [1.29, 1.82) is 0 Å². The number of benzene rings is 2. The first-order chi connectivity index (χ1) is 13.1. The van der Waals surface area contributed by atoms with Gasteiger partial charge in [0.15, 0.2) is 0 Å². The molecule has 27 heavy (non-hydrogen) atoms. The number of carbonyl (C=O) groups excluding carboxylic acids is 1. The second-order valence-electron chi connectivity index (χ2n) is 6.00. The summed E-state index contributed by atoms with van der Waals surface area (Å²) in [7, 11) is 0. The molecule has 7 heteroatoms. The smallest absolute Gasteiger partial charge is 0.346 e. The molecule has 2 aromatic carbocycles. The van der Waals surface area contributed by atoms with Crippen molar-refractivity contribution >= 4 is 5.91 Å². The van der Waals surface area contributed by atoms with Gasteiger partial charge >= 0.3 is 5.69 Å². The first-order valence-electron chi connectivity index (χ1n) is 8.73. The molecule has 0 fully saturated rings. The van der Waals surface area contributed by atoms with Gasteiger partial charge in [0.2, 0.25) is 5.69 Å². The molecule has 0 spiro atoms. The van der Waals surface area contributed by atoms with Crippen molar-refractivity contribution in [3.63, 3.8) is 0 Å². The van der Waals surface area contributed by atoms with Gasteiger partial charge in [-0.15, -0.1) is 0 Å². The van der Waals surface area contributed by atoms with Crippen molar-refractivity contribution in [1.82, 2.24) is 19.7 Å². The second-order valence-corrected chi connectivity index (χ2v) is 6.00. The fourth-order valence-electron chi connectivity index (χ4n) is 2.68. The molecular formula is C20H20N4O3. The van der Waals surface area contributed by atoms with Gasteiger partial charge in [0.05, 0.1) is 5.69 Å². The molecule has 1 amide bonds. The molecule has 1 aromatic heterocycles. The molecular weight excluding hydrogens is 344 g/mol. The van der Waals surface area contributed by atoms with E-state index < -0.39 is 17.2 Å². The molecule has 0 aliphatic heterocycles. The summed E-state index contributed by atoms with van der Waals surface area (Å²) in [5.41, 5.74) is -0.157. The van der Waals surface area contributed by atoms with Gasteiger partial charge in [-0.3, -0.25) is 14.2 Å². The van der Waals surface area contributed by atoms with Gasteiger partial charge in [-0.05, 0) is 24.1 Å². The molecule has 0 bridgehead atoms. The van der Waals surface area contributed by atoms with Crippen LogP contribution in [0.5, 0.6) is 0 Å². The van der Waals surface area contributed by atoms with Crippen molar-refractivity contribution in [2.75, 3.05) is 0 Å². The van der Waals surface area contributed by atoms with E-state index in [9.17, 15) is 14.4 Å². The molecule has 138 valence electrons. The summed E-state index contributed by atoms with van der Waals surface area (Å²) in [6, 6.07) is 18.1. The number of carbonyl (C=O) groups is 1. The number of amides is 1. The Morgan fingerprint density at radius 2 is 1.63 bits per heavy atom. The molecule has 0 aliphatic rings. The van der Waals surface area contributed by atoms with E-state index in [2.05, 4.69) is 10.4 Å². The predicted molar refractivity (Wildman–Crippen MR) is 102 cm³/mol. The van der Waals surface area contributed by atoms with Crippen molar-refractivity contribution in [2.24, 2.45) is 0 Å². The zero-order valence-corrected chi connectivity index (χ0v) is 15.0. The molecule has 1 heterocycles. The highest BCUT2D eigenvalue weighted by molar-refractivity contribution is 5.91. The van der Waals surface area contributed by atoms with E-state index >= 15 is 0 Å². The van der Waals surface area contributed by atoms with E-state index in [1.807, 2.05) is 43.3 Å². The molecule has 0 atom stereocenters. The SMILES string of the molecule is CCCn1c(=O)c(C(=O)NCc2ccccc2)nn(-c2ccccc2)c1=O. The summed E-state index contributed by atoms with van der Waals surface area (Å²) in [6.45, 7) is 2.33. The monoisotopic (exact) mass is 364 g/mol. The largest absolute Gasteiger partial charge is 0.352 e. The predicted octanol–water partition coefficient (Wildman–Crippen LogP) is 1.73. The number of nitrogens with one attached hydrogen (secondary N) is 1. The van der Waals surface area contributed by atoms with E-state index in [1.165, 1.54) is 0 Å². The molecule has 3 aromatic rings. The minimum atomic E-state index is -0.681. The van der Waals surface area contributed by atoms with Gasteiger partial charge in [-0.25, -0.2) is 4.79 Å². The Bertz CT molecular complexity index is 1040. The third kappa shape index (κ3) is 4.03. The summed E-state index contributed by atoms with van der Waals surface area (Å²) < 4.78 is 2.14. The number of hydrogen-bond donors (Lipinski definition) is 1. The lowest BCUT2D eigenvalue weighted by atomic mass is 10.2. The van der Waals surface area contributed by atoms with E-state index in [0.29, 0.717) is 12.1 Å². The number of hydrogen-bond acceptors (Lipinski definition) is 4. The van der Waals surface area contributed by atoms with Crippen LogP contribution in [0.2, 0.25) is 0 Å². The molecule has 0 aliphatic carbocycles. The van der Waals surface area contributed by atoms with Gasteiger partial charge in [0.1, 0.15) is 0 Å². The minimum Gasteiger partial charge on any atom is -0.346 e. The van der Waals surface area contributed by atoms with E-state index in [0.717, 1.165) is 14.8 Å². The first kappa shape index (κ1) is 18.3. The quantitative estimate of drug-likeness (QED) is 0.722. The maximum Gasteiger partial charge on any atom is 0.352 e. The highest BCUT2D eigenvalue weighted by Crippen LogP contribution is 2.02. The first-order valence-corrected chi connectivity index (χ1v) is 8.73. The second kappa shape index (κ2) is 8.27. The van der Waals surface area contributed by atoms with Gasteiger partial charge in [-0.1, -0.05) is 55.5 Å². The highest BCUT2D eigenvalue weighted by Gasteiger charge is 2.19. The number of rotatable bonds is 6. The van der Waals surface area contributed by atoms with Crippen LogP contribution in [0.15, 0.2) is 70.3 Å². The normalized spacial score (nSPS) is 10.6. The molecule has 0 unspecified atom stereocenters. The lowest BCUT2D eigenvalue weighted by Gasteiger charge is -2.11. The summed E-state index contributed by atoms with van der Waals surface area (Å²) in [5, 5.41) is 6.75. The highest BCUT2D eigenvalue weighted by atomic mass is 16.2. The third-order valence-electron chi connectivity index (χ3n) is 4.02. The summed E-state index contributed by atoms with van der Waals surface area (Å²) in [4.78, 5) is 37.9. The Labute approximate surface area is 155 Å². The van der Waals surface area contributed by atoms with Crippen LogP contribution in [0, 0.1) is 0 Å². The zero-order chi connectivity index (χ0) is 19.2. The fourth-order valence-corrected chi connectivity index (χ4v) is 2.68. The number of para-hydroxylation sites is 1. The molecule has 0 saturated heterocycles. The molecule has 0 radical (unpaired) electrons. The van der Waals surface area contributed by atoms with E-state index in [4.69, 9.17) is 0 Å². The Morgan fingerprint density at radius 3 is 2.26 bits per heavy atom. The Balaban J connectivity index is 2.01. The average molecular weight is 364 g/mol. The van der Waals surface area contributed by atoms with Crippen LogP contribution < -0.4 is 16.6 Å². The summed E-state index contributed by atoms with van der Waals surface area (Å²) in [6.07, 6.45) is 0.582. The molecule has 7 nitrogen and oxygen atoms in total. The Kier molecular flexibility index (Phi) is 5.61. The van der Waals surface area contributed by atoms with Crippen molar-refractivity contribution in [3.8, 4) is 5.69 Å². The molecule has 1 N–H and O–H groups in total. The summed E-state index contributed by atoms with van der Waals surface area (Å²) >= 11 is 0. The molecule has 0 saturated carbocycles. The van der Waals surface area contributed by atoms with Crippen LogP contribution in [0.1, 0.15) is 29.4 Å². The summed E-state index contributed by atoms with van der Waals surface area (Å²) in [5.74, 6) is -0.613.